The van der Waals surface area contributed by atoms with Gasteiger partial charge in [-0.2, -0.15) is 0 Å². The van der Waals surface area contributed by atoms with E-state index in [1.807, 2.05) is 44.2 Å². The largest absolute Gasteiger partial charge is 0.392 e. The maximum Gasteiger partial charge on any atom is 0.0687 e. The molecule has 0 unspecified atom stereocenters. The van der Waals surface area contributed by atoms with Crippen LogP contribution < -0.4 is 0 Å². The van der Waals surface area contributed by atoms with Gasteiger partial charge in [0.1, 0.15) is 0 Å². The van der Waals surface area contributed by atoms with Gasteiger partial charge in [0.05, 0.1) is 6.61 Å². The first-order valence-corrected chi connectivity index (χ1v) is 5.47. The van der Waals surface area contributed by atoms with Crippen molar-refractivity contribution in [3.8, 4) is 0 Å². The van der Waals surface area contributed by atoms with Crippen LogP contribution >= 0.6 is 0 Å². The molecule has 0 aliphatic rings. The van der Waals surface area contributed by atoms with Gasteiger partial charge in [-0.1, -0.05) is 69.5 Å². The van der Waals surface area contributed by atoms with Crippen molar-refractivity contribution in [2.24, 2.45) is 0 Å². The lowest BCUT2D eigenvalue weighted by atomic mass is 10.00. The van der Waals surface area contributed by atoms with Gasteiger partial charge in [-0.15, -0.1) is 0 Å². The lowest BCUT2D eigenvalue weighted by Gasteiger charge is -2.06. The molecule has 0 aromatic heterocycles. The van der Waals surface area contributed by atoms with Crippen molar-refractivity contribution in [3.63, 3.8) is 0 Å². The zero-order chi connectivity index (χ0) is 12.4. The number of allylic oxidation sites excluding steroid dienone is 4. The van der Waals surface area contributed by atoms with E-state index >= 15 is 0 Å². The quantitative estimate of drug-likeness (QED) is 0.755. The van der Waals surface area contributed by atoms with Crippen molar-refractivity contribution in [2.45, 2.75) is 20.5 Å². The van der Waals surface area contributed by atoms with Crippen LogP contribution in [0, 0.1) is 0 Å². The highest BCUT2D eigenvalue weighted by Crippen LogP contribution is 2.20. The molecule has 0 aliphatic carbocycles. The predicted molar refractivity (Wildman–Crippen MR) is 72.1 cm³/mol. The van der Waals surface area contributed by atoms with Gasteiger partial charge < -0.3 is 5.11 Å². The van der Waals surface area contributed by atoms with Crippen molar-refractivity contribution >= 4 is 5.57 Å². The van der Waals surface area contributed by atoms with Crippen LogP contribution in [0.15, 0.2) is 55.7 Å². The van der Waals surface area contributed by atoms with Gasteiger partial charge in [-0.05, 0) is 16.7 Å². The maximum atomic E-state index is 9.14. The molecule has 0 amide bonds. The normalized spacial score (nSPS) is 10.1. The van der Waals surface area contributed by atoms with Gasteiger partial charge in [-0.3, -0.25) is 0 Å². The summed E-state index contributed by atoms with van der Waals surface area (Å²) in [5.41, 5.74) is 2.88. The van der Waals surface area contributed by atoms with Crippen LogP contribution in [-0.2, 0) is 6.61 Å². The Bertz CT molecular complexity index is 361. The summed E-state index contributed by atoms with van der Waals surface area (Å²) < 4.78 is 0. The molecule has 0 saturated heterocycles. The zero-order valence-corrected chi connectivity index (χ0v) is 10.1. The molecule has 1 aromatic carbocycles. The highest BCUT2D eigenvalue weighted by molar-refractivity contribution is 5.76. The molecule has 0 heterocycles. The van der Waals surface area contributed by atoms with Gasteiger partial charge in [-0.25, -0.2) is 0 Å². The third-order valence-corrected chi connectivity index (χ3v) is 2.02. The van der Waals surface area contributed by atoms with E-state index < -0.39 is 0 Å². The molecule has 0 atom stereocenters. The molecule has 1 heteroatoms. The van der Waals surface area contributed by atoms with Crippen LogP contribution in [0.2, 0.25) is 0 Å². The van der Waals surface area contributed by atoms with Gasteiger partial charge in [0, 0.05) is 0 Å². The molecule has 1 N–H and O–H groups in total. The summed E-state index contributed by atoms with van der Waals surface area (Å²) in [4.78, 5) is 0. The van der Waals surface area contributed by atoms with E-state index in [1.165, 1.54) is 0 Å². The molecule has 86 valence electrons. The minimum Gasteiger partial charge on any atom is -0.392 e. The first kappa shape index (κ1) is 14.4. The summed E-state index contributed by atoms with van der Waals surface area (Å²) in [7, 11) is 0. The predicted octanol–water partition coefficient (Wildman–Crippen LogP) is 3.96. The minimum absolute atomic E-state index is 0.0402. The van der Waals surface area contributed by atoms with Gasteiger partial charge in [0.2, 0.25) is 0 Å². The number of rotatable bonds is 4. The molecule has 0 fully saturated rings. The fourth-order valence-corrected chi connectivity index (χ4v) is 1.33. The van der Waals surface area contributed by atoms with Crippen molar-refractivity contribution < 1.29 is 5.11 Å². The third kappa shape index (κ3) is 3.87. The topological polar surface area (TPSA) is 20.2 Å². The Morgan fingerprint density at radius 2 is 1.88 bits per heavy atom. The molecule has 0 bridgehead atoms. The first-order chi connectivity index (χ1) is 7.83. The Labute approximate surface area is 98.4 Å². The van der Waals surface area contributed by atoms with Crippen LogP contribution in [0.4, 0.5) is 0 Å². The number of hydrogen-bond acceptors (Lipinski definition) is 1. The standard InChI is InChI=1S/C13H14O.C2H6/c1-3-7-11(4-2)13-9-6-5-8-12(13)10-14;1-2/h3-9,14H,1-2,10H2;1-2H3/b11-7+;. The summed E-state index contributed by atoms with van der Waals surface area (Å²) in [5.74, 6) is 0. The van der Waals surface area contributed by atoms with Crippen LogP contribution in [-0.4, -0.2) is 5.11 Å². The van der Waals surface area contributed by atoms with E-state index in [-0.39, 0.29) is 6.61 Å². The van der Waals surface area contributed by atoms with Crippen molar-refractivity contribution in [1.29, 1.82) is 0 Å². The Hall–Kier alpha value is -1.60. The second-order valence-electron chi connectivity index (χ2n) is 2.88. The molecule has 1 nitrogen and oxygen atoms in total. The molecular weight excluding hydrogens is 196 g/mol. The Morgan fingerprint density at radius 1 is 1.25 bits per heavy atom. The van der Waals surface area contributed by atoms with Crippen molar-refractivity contribution in [1.82, 2.24) is 0 Å². The SMILES string of the molecule is C=C/C=C(\C=C)c1ccccc1CO.CC. The Balaban J connectivity index is 0.00000106. The molecule has 0 saturated carbocycles. The fraction of sp³-hybridized carbons (Fsp3) is 0.200. The van der Waals surface area contributed by atoms with E-state index in [2.05, 4.69) is 13.2 Å². The third-order valence-electron chi connectivity index (χ3n) is 2.02. The second kappa shape index (κ2) is 8.69. The molecule has 1 aromatic rings. The van der Waals surface area contributed by atoms with Gasteiger partial charge >= 0.3 is 0 Å². The van der Waals surface area contributed by atoms with Crippen LogP contribution in [0.25, 0.3) is 5.57 Å². The summed E-state index contributed by atoms with van der Waals surface area (Å²) in [6.45, 7) is 11.4. The number of aliphatic hydroxyl groups is 1. The molecule has 0 spiro atoms. The zero-order valence-electron chi connectivity index (χ0n) is 10.1. The van der Waals surface area contributed by atoms with E-state index in [0.29, 0.717) is 0 Å². The smallest absolute Gasteiger partial charge is 0.0687 e. The number of aliphatic hydroxyl groups excluding tert-OH is 1. The first-order valence-electron chi connectivity index (χ1n) is 5.47. The highest BCUT2D eigenvalue weighted by atomic mass is 16.3. The fourth-order valence-electron chi connectivity index (χ4n) is 1.33. The van der Waals surface area contributed by atoms with Crippen LogP contribution in [0.3, 0.4) is 0 Å². The summed E-state index contributed by atoms with van der Waals surface area (Å²) in [5, 5.41) is 9.14. The lowest BCUT2D eigenvalue weighted by molar-refractivity contribution is 0.281. The van der Waals surface area contributed by atoms with E-state index in [9.17, 15) is 0 Å². The number of hydrogen-bond donors (Lipinski definition) is 1. The average Bonchev–Trinajstić information content (AvgIpc) is 2.38. The maximum absolute atomic E-state index is 9.14. The van der Waals surface area contributed by atoms with E-state index in [1.54, 1.807) is 12.2 Å². The Kier molecular flexibility index (Phi) is 7.82. The number of benzene rings is 1. The van der Waals surface area contributed by atoms with Crippen LogP contribution in [0.5, 0.6) is 0 Å². The van der Waals surface area contributed by atoms with Crippen molar-refractivity contribution in [2.75, 3.05) is 0 Å². The summed E-state index contributed by atoms with van der Waals surface area (Å²) in [6, 6.07) is 7.71. The second-order valence-corrected chi connectivity index (χ2v) is 2.88. The van der Waals surface area contributed by atoms with Gasteiger partial charge in [0.15, 0.2) is 0 Å². The van der Waals surface area contributed by atoms with E-state index in [0.717, 1.165) is 16.7 Å². The molecule has 0 aliphatic heterocycles. The Morgan fingerprint density at radius 3 is 2.38 bits per heavy atom. The lowest BCUT2D eigenvalue weighted by Crippen LogP contribution is -1.91. The molecule has 0 radical (unpaired) electrons. The van der Waals surface area contributed by atoms with Crippen molar-refractivity contribution in [3.05, 3.63) is 66.8 Å². The molecular formula is C15H20O. The monoisotopic (exact) mass is 216 g/mol. The highest BCUT2D eigenvalue weighted by Gasteiger charge is 2.01. The summed E-state index contributed by atoms with van der Waals surface area (Å²) >= 11 is 0. The molecule has 16 heavy (non-hydrogen) atoms. The average molecular weight is 216 g/mol. The van der Waals surface area contributed by atoms with Gasteiger partial charge in [0.25, 0.3) is 0 Å². The molecule has 1 rings (SSSR count). The van der Waals surface area contributed by atoms with Crippen LogP contribution in [0.1, 0.15) is 25.0 Å². The van der Waals surface area contributed by atoms with E-state index in [4.69, 9.17) is 5.11 Å². The summed E-state index contributed by atoms with van der Waals surface area (Å²) in [6.07, 6.45) is 5.35. The minimum atomic E-state index is 0.0402.